The molecule has 6 nitrogen and oxygen atoms in total. The van der Waals surface area contributed by atoms with Crippen LogP contribution < -0.4 is 15.1 Å². The molecule has 176 valence electrons. The number of nitrogens with zero attached hydrogens (tertiary/aromatic N) is 2. The van der Waals surface area contributed by atoms with E-state index in [4.69, 9.17) is 0 Å². The van der Waals surface area contributed by atoms with E-state index in [2.05, 4.69) is 57.0 Å². The maximum atomic E-state index is 13.3. The predicted octanol–water partition coefficient (Wildman–Crippen LogP) is 5.38. The lowest BCUT2D eigenvalue weighted by Gasteiger charge is -2.46. The quantitative estimate of drug-likeness (QED) is 0.496. The third-order valence-corrected chi connectivity index (χ3v) is 6.44. The third-order valence-electron chi connectivity index (χ3n) is 6.44. The van der Waals surface area contributed by atoms with Gasteiger partial charge in [0.05, 0.1) is 11.2 Å². The Morgan fingerprint density at radius 3 is 2.35 bits per heavy atom. The van der Waals surface area contributed by atoms with Gasteiger partial charge in [-0.2, -0.15) is 0 Å². The minimum Gasteiger partial charge on any atom is -0.360 e. The number of fused-ring (bicyclic) bond motifs is 1. The van der Waals surface area contributed by atoms with Crippen LogP contribution >= 0.6 is 0 Å². The van der Waals surface area contributed by atoms with Crippen molar-refractivity contribution >= 4 is 40.9 Å². The van der Waals surface area contributed by atoms with Gasteiger partial charge in [-0.05, 0) is 101 Å². The van der Waals surface area contributed by atoms with Crippen LogP contribution in [0.4, 0.5) is 16.2 Å². The SMILES string of the molecule is CC1=CC(C)(C)N(C(C)C)c2cc(C)c(/C=C3\C(=O)NC(=O)N(c4cccc(C)c4)C3=O)cc21. The highest BCUT2D eigenvalue weighted by Crippen LogP contribution is 2.42. The molecule has 2 aliphatic heterocycles. The smallest absolute Gasteiger partial charge is 0.335 e. The second-order valence-electron chi connectivity index (χ2n) is 9.97. The Morgan fingerprint density at radius 1 is 1.00 bits per heavy atom. The van der Waals surface area contributed by atoms with E-state index in [1.165, 1.54) is 0 Å². The average Bonchev–Trinajstić information content (AvgIpc) is 2.70. The molecule has 4 amide bonds. The van der Waals surface area contributed by atoms with Crippen molar-refractivity contribution in [2.45, 2.75) is 60.0 Å². The van der Waals surface area contributed by atoms with Crippen LogP contribution in [-0.2, 0) is 9.59 Å². The van der Waals surface area contributed by atoms with Crippen LogP contribution in [0.2, 0.25) is 0 Å². The van der Waals surface area contributed by atoms with Crippen molar-refractivity contribution in [1.29, 1.82) is 0 Å². The van der Waals surface area contributed by atoms with Gasteiger partial charge in [0.25, 0.3) is 11.8 Å². The lowest BCUT2D eigenvalue weighted by Crippen LogP contribution is -2.54. The minimum absolute atomic E-state index is 0.0670. The number of urea groups is 1. The number of barbiturate groups is 1. The van der Waals surface area contributed by atoms with Gasteiger partial charge >= 0.3 is 6.03 Å². The van der Waals surface area contributed by atoms with E-state index in [0.29, 0.717) is 11.7 Å². The molecule has 2 aromatic rings. The molecule has 6 heteroatoms. The number of nitrogens with one attached hydrogen (secondary N) is 1. The van der Waals surface area contributed by atoms with Crippen molar-refractivity contribution in [3.05, 3.63) is 70.3 Å². The Bertz CT molecular complexity index is 1280. The Kier molecular flexibility index (Phi) is 5.72. The van der Waals surface area contributed by atoms with Crippen LogP contribution in [0.3, 0.4) is 0 Å². The van der Waals surface area contributed by atoms with Crippen molar-refractivity contribution in [3.63, 3.8) is 0 Å². The molecule has 1 N–H and O–H groups in total. The fraction of sp³-hybridized carbons (Fsp3) is 0.321. The second-order valence-corrected chi connectivity index (χ2v) is 9.97. The molecule has 0 spiro atoms. The highest BCUT2D eigenvalue weighted by Gasteiger charge is 2.37. The zero-order valence-electron chi connectivity index (χ0n) is 20.8. The Labute approximate surface area is 200 Å². The van der Waals surface area contributed by atoms with Crippen molar-refractivity contribution < 1.29 is 14.4 Å². The summed E-state index contributed by atoms with van der Waals surface area (Å²) in [7, 11) is 0. The number of benzene rings is 2. The molecule has 2 aliphatic rings. The summed E-state index contributed by atoms with van der Waals surface area (Å²) < 4.78 is 0. The molecule has 2 aromatic carbocycles. The predicted molar refractivity (Wildman–Crippen MR) is 137 cm³/mol. The fourth-order valence-electron chi connectivity index (χ4n) is 5.13. The van der Waals surface area contributed by atoms with Gasteiger partial charge in [0.2, 0.25) is 0 Å². The van der Waals surface area contributed by atoms with Crippen LogP contribution in [0.15, 0.2) is 48.0 Å². The molecule has 2 heterocycles. The first-order valence-corrected chi connectivity index (χ1v) is 11.5. The van der Waals surface area contributed by atoms with Crippen LogP contribution in [0.25, 0.3) is 11.6 Å². The van der Waals surface area contributed by atoms with Gasteiger partial charge in [0, 0.05) is 17.3 Å². The summed E-state index contributed by atoms with van der Waals surface area (Å²) in [6.07, 6.45) is 3.84. The summed E-state index contributed by atoms with van der Waals surface area (Å²) in [5, 5.41) is 2.31. The van der Waals surface area contributed by atoms with Gasteiger partial charge in [-0.3, -0.25) is 14.9 Å². The van der Waals surface area contributed by atoms with E-state index in [-0.39, 0.29) is 11.1 Å². The van der Waals surface area contributed by atoms with Crippen molar-refractivity contribution in [2.75, 3.05) is 9.80 Å². The van der Waals surface area contributed by atoms with Gasteiger partial charge in [0.15, 0.2) is 0 Å². The lowest BCUT2D eigenvalue weighted by molar-refractivity contribution is -0.122. The largest absolute Gasteiger partial charge is 0.360 e. The summed E-state index contributed by atoms with van der Waals surface area (Å²) in [5.41, 5.74) is 6.20. The maximum absolute atomic E-state index is 13.3. The first-order valence-electron chi connectivity index (χ1n) is 11.5. The summed E-state index contributed by atoms with van der Waals surface area (Å²) in [5.74, 6) is -1.32. The molecular formula is C28H31N3O3. The van der Waals surface area contributed by atoms with E-state index in [1.54, 1.807) is 24.3 Å². The molecule has 4 rings (SSSR count). The van der Waals surface area contributed by atoms with Crippen LogP contribution in [0.5, 0.6) is 0 Å². The molecule has 1 saturated heterocycles. The fourth-order valence-corrected chi connectivity index (χ4v) is 5.13. The van der Waals surface area contributed by atoms with Crippen LogP contribution in [0.1, 0.15) is 56.9 Å². The number of carbonyl (C=O) groups is 3. The highest BCUT2D eigenvalue weighted by atomic mass is 16.2. The van der Waals surface area contributed by atoms with Crippen molar-refractivity contribution in [1.82, 2.24) is 5.32 Å². The second kappa shape index (κ2) is 8.28. The topological polar surface area (TPSA) is 69.7 Å². The number of allylic oxidation sites excluding steroid dienone is 1. The molecule has 0 aliphatic carbocycles. The number of imide groups is 2. The number of amides is 4. The molecule has 0 unspecified atom stereocenters. The number of hydrogen-bond acceptors (Lipinski definition) is 4. The van der Waals surface area contributed by atoms with Gasteiger partial charge in [-0.1, -0.05) is 18.2 Å². The molecule has 1 fully saturated rings. The van der Waals surface area contributed by atoms with Gasteiger partial charge in [-0.15, -0.1) is 0 Å². The molecule has 0 atom stereocenters. The van der Waals surface area contributed by atoms with Gasteiger partial charge in [0.1, 0.15) is 5.57 Å². The number of anilines is 2. The van der Waals surface area contributed by atoms with E-state index >= 15 is 0 Å². The maximum Gasteiger partial charge on any atom is 0.335 e. The first-order chi connectivity index (χ1) is 15.9. The summed E-state index contributed by atoms with van der Waals surface area (Å²) >= 11 is 0. The monoisotopic (exact) mass is 457 g/mol. The Morgan fingerprint density at radius 2 is 1.71 bits per heavy atom. The number of rotatable bonds is 3. The highest BCUT2D eigenvalue weighted by molar-refractivity contribution is 6.39. The minimum atomic E-state index is -0.742. The summed E-state index contributed by atoms with van der Waals surface area (Å²) in [6.45, 7) is 14.7. The van der Waals surface area contributed by atoms with E-state index in [0.717, 1.165) is 38.4 Å². The van der Waals surface area contributed by atoms with Crippen LogP contribution in [-0.4, -0.2) is 29.4 Å². The van der Waals surface area contributed by atoms with E-state index < -0.39 is 17.8 Å². The van der Waals surface area contributed by atoms with Crippen LogP contribution in [0, 0.1) is 13.8 Å². The zero-order chi connectivity index (χ0) is 24.9. The van der Waals surface area contributed by atoms with E-state index in [1.807, 2.05) is 26.0 Å². The molecule has 0 saturated carbocycles. The number of hydrogen-bond donors (Lipinski definition) is 1. The first kappa shape index (κ1) is 23.5. The lowest BCUT2D eigenvalue weighted by atomic mass is 9.85. The molecule has 0 radical (unpaired) electrons. The van der Waals surface area contributed by atoms with Crippen molar-refractivity contribution in [2.24, 2.45) is 0 Å². The molecular weight excluding hydrogens is 426 g/mol. The van der Waals surface area contributed by atoms with Gasteiger partial charge < -0.3 is 4.90 Å². The Balaban J connectivity index is 1.81. The summed E-state index contributed by atoms with van der Waals surface area (Å²) in [4.78, 5) is 41.9. The number of carbonyl (C=O) groups excluding carboxylic acids is 3. The molecule has 0 bridgehead atoms. The number of aryl methyl sites for hydroxylation is 2. The normalized spacial score (nSPS) is 18.9. The Hall–Kier alpha value is -3.67. The average molecular weight is 458 g/mol. The van der Waals surface area contributed by atoms with Crippen molar-refractivity contribution in [3.8, 4) is 0 Å². The standard InChI is InChI=1S/C28H31N3O3/c1-16(2)31-24-12-18(4)20(13-22(24)19(5)15-28(31,6)7)14-23-25(32)29-27(34)30(26(23)33)21-10-8-9-17(3)11-21/h8-16H,1-7H3,(H,29,32,34)/b23-14+. The molecule has 34 heavy (non-hydrogen) atoms. The third kappa shape index (κ3) is 3.94. The van der Waals surface area contributed by atoms with E-state index in [9.17, 15) is 14.4 Å². The van der Waals surface area contributed by atoms with Gasteiger partial charge in [-0.25, -0.2) is 9.69 Å². The summed E-state index contributed by atoms with van der Waals surface area (Å²) in [6, 6.07) is 10.8. The zero-order valence-corrected chi connectivity index (χ0v) is 20.8. The molecule has 0 aromatic heterocycles.